The molecule has 1 fully saturated rings. The molecular formula is C25H27N5S. The second-order valence-electron chi connectivity index (χ2n) is 8.24. The Labute approximate surface area is 187 Å². The van der Waals surface area contributed by atoms with Crippen molar-refractivity contribution in [3.05, 3.63) is 83.8 Å². The minimum absolute atomic E-state index is 0.417. The summed E-state index contributed by atoms with van der Waals surface area (Å²) in [5.41, 5.74) is 3.73. The number of para-hydroxylation sites is 1. The number of hydrogen-bond donors (Lipinski definition) is 0. The van der Waals surface area contributed by atoms with Gasteiger partial charge in [-0.25, -0.2) is 0 Å². The fraction of sp³-hybridized carbons (Fsp3) is 0.320. The second kappa shape index (κ2) is 9.20. The third-order valence-electron chi connectivity index (χ3n) is 6.06. The zero-order chi connectivity index (χ0) is 21.0. The number of fused-ring (bicyclic) bond motifs is 1. The number of nitrogens with zero attached hydrogens (tertiary/aromatic N) is 5. The summed E-state index contributed by atoms with van der Waals surface area (Å²) in [4.78, 5) is 7.18. The minimum atomic E-state index is 0.417. The van der Waals surface area contributed by atoms with Crippen LogP contribution in [0.25, 0.3) is 10.9 Å². The van der Waals surface area contributed by atoms with E-state index in [-0.39, 0.29) is 0 Å². The van der Waals surface area contributed by atoms with E-state index in [1.54, 1.807) is 11.8 Å². The zero-order valence-corrected chi connectivity index (χ0v) is 18.6. The van der Waals surface area contributed by atoms with Gasteiger partial charge in [0.1, 0.15) is 5.82 Å². The molecule has 1 unspecified atom stereocenters. The largest absolute Gasteiger partial charge is 0.309 e. The molecule has 0 spiro atoms. The molecule has 0 amide bonds. The molecule has 1 saturated heterocycles. The van der Waals surface area contributed by atoms with Crippen LogP contribution in [0.3, 0.4) is 0 Å². The highest BCUT2D eigenvalue weighted by molar-refractivity contribution is 7.98. The minimum Gasteiger partial charge on any atom is -0.309 e. The first-order valence-corrected chi connectivity index (χ1v) is 11.9. The lowest BCUT2D eigenvalue weighted by atomic mass is 9.96. The van der Waals surface area contributed by atoms with Gasteiger partial charge in [0.25, 0.3) is 0 Å². The van der Waals surface area contributed by atoms with Gasteiger partial charge in [-0.05, 0) is 36.6 Å². The molecule has 6 heteroatoms. The zero-order valence-electron chi connectivity index (χ0n) is 17.8. The van der Waals surface area contributed by atoms with Crippen LogP contribution in [0.2, 0.25) is 0 Å². The van der Waals surface area contributed by atoms with E-state index in [0.29, 0.717) is 5.92 Å². The average Bonchev–Trinajstić information content (AvgIpc) is 3.19. The maximum Gasteiger partial charge on any atom is 0.191 e. The van der Waals surface area contributed by atoms with Gasteiger partial charge in [-0.1, -0.05) is 66.4 Å². The number of benzene rings is 2. The van der Waals surface area contributed by atoms with Crippen LogP contribution >= 0.6 is 11.8 Å². The van der Waals surface area contributed by atoms with Crippen molar-refractivity contribution >= 4 is 22.7 Å². The smallest absolute Gasteiger partial charge is 0.191 e. The van der Waals surface area contributed by atoms with Gasteiger partial charge in [0.15, 0.2) is 5.16 Å². The Balaban J connectivity index is 1.28. The molecule has 1 atom stereocenters. The SMILES string of the molecule is Cn1c(SCc2ccccc2)nnc1C1CCCN(Cc2cccc3cccnc23)C1. The summed E-state index contributed by atoms with van der Waals surface area (Å²) < 4.78 is 2.20. The average molecular weight is 430 g/mol. The van der Waals surface area contributed by atoms with Crippen molar-refractivity contribution in [1.29, 1.82) is 0 Å². The lowest BCUT2D eigenvalue weighted by Crippen LogP contribution is -2.34. The third-order valence-corrected chi connectivity index (χ3v) is 7.15. The molecule has 1 aliphatic rings. The molecule has 0 aliphatic carbocycles. The molecular weight excluding hydrogens is 402 g/mol. The molecule has 2 aromatic carbocycles. The molecule has 5 rings (SSSR count). The van der Waals surface area contributed by atoms with Crippen molar-refractivity contribution in [1.82, 2.24) is 24.6 Å². The van der Waals surface area contributed by atoms with Gasteiger partial charge < -0.3 is 4.57 Å². The summed E-state index contributed by atoms with van der Waals surface area (Å²) in [6, 6.07) is 21.2. The van der Waals surface area contributed by atoms with Crippen molar-refractivity contribution in [3.8, 4) is 0 Å². The van der Waals surface area contributed by atoms with Crippen LogP contribution in [0.5, 0.6) is 0 Å². The predicted molar refractivity (Wildman–Crippen MR) is 126 cm³/mol. The Hall–Kier alpha value is -2.70. The maximum atomic E-state index is 4.63. The second-order valence-corrected chi connectivity index (χ2v) is 9.18. The number of hydrogen-bond acceptors (Lipinski definition) is 5. The number of likely N-dealkylation sites (tertiary alicyclic amines) is 1. The molecule has 4 aromatic rings. The fourth-order valence-electron chi connectivity index (χ4n) is 4.48. The molecule has 3 heterocycles. The van der Waals surface area contributed by atoms with E-state index in [2.05, 4.69) is 86.3 Å². The van der Waals surface area contributed by atoms with E-state index in [0.717, 1.165) is 41.9 Å². The van der Waals surface area contributed by atoms with E-state index in [9.17, 15) is 0 Å². The van der Waals surface area contributed by atoms with Crippen LogP contribution in [-0.2, 0) is 19.3 Å². The Bertz CT molecular complexity index is 1150. The summed E-state index contributed by atoms with van der Waals surface area (Å²) in [6.07, 6.45) is 4.24. The monoisotopic (exact) mass is 429 g/mol. The van der Waals surface area contributed by atoms with E-state index >= 15 is 0 Å². The van der Waals surface area contributed by atoms with Gasteiger partial charge in [0.05, 0.1) is 5.52 Å². The summed E-state index contributed by atoms with van der Waals surface area (Å²) in [6.45, 7) is 3.06. The molecule has 0 N–H and O–H groups in total. The molecule has 0 bridgehead atoms. The number of pyridine rings is 1. The Kier molecular flexibility index (Phi) is 6.00. The summed E-state index contributed by atoms with van der Waals surface area (Å²) in [7, 11) is 2.11. The molecule has 31 heavy (non-hydrogen) atoms. The van der Waals surface area contributed by atoms with Crippen molar-refractivity contribution in [2.45, 2.75) is 36.2 Å². The standard InChI is InChI=1S/C25H27N5S/c1-29-24(27-28-25(29)31-18-19-8-3-2-4-9-19)22-13-7-15-30(17-22)16-21-11-5-10-20-12-6-14-26-23(20)21/h2-6,8-12,14,22H,7,13,15-18H2,1H3. The van der Waals surface area contributed by atoms with E-state index in [4.69, 9.17) is 0 Å². The van der Waals surface area contributed by atoms with Crippen LogP contribution in [0.15, 0.2) is 72.0 Å². The molecule has 2 aromatic heterocycles. The van der Waals surface area contributed by atoms with E-state index < -0.39 is 0 Å². The summed E-state index contributed by atoms with van der Waals surface area (Å²) in [5.74, 6) is 2.44. The number of aromatic nitrogens is 4. The molecule has 5 nitrogen and oxygen atoms in total. The van der Waals surface area contributed by atoms with E-state index in [1.165, 1.54) is 29.4 Å². The van der Waals surface area contributed by atoms with Crippen molar-refractivity contribution in [2.75, 3.05) is 13.1 Å². The van der Waals surface area contributed by atoms with Crippen LogP contribution in [0.1, 0.15) is 35.7 Å². The first-order chi connectivity index (χ1) is 15.3. The topological polar surface area (TPSA) is 46.8 Å². The Morgan fingerprint density at radius 1 is 1.00 bits per heavy atom. The van der Waals surface area contributed by atoms with Crippen molar-refractivity contribution in [3.63, 3.8) is 0 Å². The number of rotatable bonds is 6. The highest BCUT2D eigenvalue weighted by Crippen LogP contribution is 2.30. The highest BCUT2D eigenvalue weighted by atomic mass is 32.2. The molecule has 0 radical (unpaired) electrons. The van der Waals surface area contributed by atoms with Crippen LogP contribution in [0.4, 0.5) is 0 Å². The maximum absolute atomic E-state index is 4.63. The molecule has 158 valence electrons. The Morgan fingerprint density at radius 3 is 2.77 bits per heavy atom. The van der Waals surface area contributed by atoms with Crippen LogP contribution in [-0.4, -0.2) is 37.7 Å². The van der Waals surface area contributed by atoms with Gasteiger partial charge >= 0.3 is 0 Å². The van der Waals surface area contributed by atoms with Gasteiger partial charge in [-0.2, -0.15) is 0 Å². The van der Waals surface area contributed by atoms with Gasteiger partial charge in [0, 0.05) is 43.4 Å². The van der Waals surface area contributed by atoms with Gasteiger partial charge in [-0.15, -0.1) is 10.2 Å². The van der Waals surface area contributed by atoms with Gasteiger partial charge in [-0.3, -0.25) is 9.88 Å². The lowest BCUT2D eigenvalue weighted by molar-refractivity contribution is 0.195. The number of piperidine rings is 1. The van der Waals surface area contributed by atoms with Crippen LogP contribution in [0, 0.1) is 0 Å². The van der Waals surface area contributed by atoms with Gasteiger partial charge in [0.2, 0.25) is 0 Å². The predicted octanol–water partition coefficient (Wildman–Crippen LogP) is 5.04. The summed E-state index contributed by atoms with van der Waals surface area (Å²) in [5, 5.41) is 11.3. The first kappa shape index (κ1) is 20.2. The van der Waals surface area contributed by atoms with Crippen molar-refractivity contribution in [2.24, 2.45) is 7.05 Å². The molecule has 0 saturated carbocycles. The fourth-order valence-corrected chi connectivity index (χ4v) is 5.35. The Morgan fingerprint density at radius 2 is 1.87 bits per heavy atom. The highest BCUT2D eigenvalue weighted by Gasteiger charge is 2.26. The normalized spacial score (nSPS) is 17.3. The molecule has 1 aliphatic heterocycles. The summed E-state index contributed by atoms with van der Waals surface area (Å²) >= 11 is 1.76. The lowest BCUT2D eigenvalue weighted by Gasteiger charge is -2.32. The first-order valence-electron chi connectivity index (χ1n) is 10.9. The third kappa shape index (κ3) is 4.50. The van der Waals surface area contributed by atoms with E-state index in [1.807, 2.05) is 12.3 Å². The van der Waals surface area contributed by atoms with Crippen LogP contribution < -0.4 is 0 Å². The quantitative estimate of drug-likeness (QED) is 0.402. The van der Waals surface area contributed by atoms with Crippen molar-refractivity contribution < 1.29 is 0 Å². The number of thioether (sulfide) groups is 1.